The van der Waals surface area contributed by atoms with Crippen molar-refractivity contribution >= 4 is 5.97 Å². The van der Waals surface area contributed by atoms with E-state index in [0.29, 0.717) is 6.04 Å². The van der Waals surface area contributed by atoms with Gasteiger partial charge in [0.2, 0.25) is 0 Å². The summed E-state index contributed by atoms with van der Waals surface area (Å²) < 4.78 is 0. The number of carboxylic acid groups (broad SMARTS) is 1. The summed E-state index contributed by atoms with van der Waals surface area (Å²) in [7, 11) is 0. The second kappa shape index (κ2) is 4.88. The lowest BCUT2D eigenvalue weighted by Crippen LogP contribution is -2.43. The van der Waals surface area contributed by atoms with Crippen LogP contribution < -0.4 is 5.32 Å². The van der Waals surface area contributed by atoms with Gasteiger partial charge in [-0.25, -0.2) is 0 Å². The van der Waals surface area contributed by atoms with Crippen LogP contribution in [0.5, 0.6) is 0 Å². The molecule has 2 rings (SSSR count). The molecule has 2 N–H and O–H groups in total. The predicted octanol–water partition coefficient (Wildman–Crippen LogP) is 1.85. The Balaban J connectivity index is 1.94. The van der Waals surface area contributed by atoms with Crippen LogP contribution in [-0.4, -0.2) is 23.2 Å². The molecule has 0 saturated carbocycles. The molecule has 0 radical (unpaired) electrons. The van der Waals surface area contributed by atoms with Crippen LogP contribution in [0.15, 0.2) is 24.3 Å². The quantitative estimate of drug-likeness (QED) is 0.834. The van der Waals surface area contributed by atoms with Gasteiger partial charge in [-0.3, -0.25) is 4.79 Å². The highest BCUT2D eigenvalue weighted by atomic mass is 16.4. The lowest BCUT2D eigenvalue weighted by atomic mass is 10.0. The van der Waals surface area contributed by atoms with E-state index in [2.05, 4.69) is 29.6 Å². The van der Waals surface area contributed by atoms with Crippen LogP contribution in [-0.2, 0) is 17.6 Å². The Labute approximate surface area is 102 Å². The predicted molar refractivity (Wildman–Crippen MR) is 67.0 cm³/mol. The maximum Gasteiger partial charge on any atom is 0.307 e. The number of fused-ring (bicyclic) bond motifs is 1. The van der Waals surface area contributed by atoms with Crippen molar-refractivity contribution in [1.29, 1.82) is 0 Å². The Morgan fingerprint density at radius 1 is 1.29 bits per heavy atom. The third-order valence-electron chi connectivity index (χ3n) is 3.69. The molecule has 0 fully saturated rings. The fourth-order valence-corrected chi connectivity index (χ4v) is 2.41. The average molecular weight is 233 g/mol. The summed E-state index contributed by atoms with van der Waals surface area (Å²) in [5.41, 5.74) is 2.78. The van der Waals surface area contributed by atoms with Gasteiger partial charge in [0.25, 0.3) is 0 Å². The minimum absolute atomic E-state index is 0.00631. The average Bonchev–Trinajstić information content (AvgIpc) is 2.69. The molecule has 0 aromatic heterocycles. The molecule has 2 atom stereocenters. The molecule has 0 saturated heterocycles. The summed E-state index contributed by atoms with van der Waals surface area (Å²) in [4.78, 5) is 10.9. The van der Waals surface area contributed by atoms with E-state index in [1.54, 1.807) is 6.92 Å². The first-order valence-electron chi connectivity index (χ1n) is 6.13. The van der Waals surface area contributed by atoms with Crippen LogP contribution in [0, 0.1) is 5.92 Å². The van der Waals surface area contributed by atoms with Crippen molar-refractivity contribution in [2.45, 2.75) is 38.8 Å². The third-order valence-corrected chi connectivity index (χ3v) is 3.69. The molecular formula is C14H19NO2. The highest BCUT2D eigenvalue weighted by Gasteiger charge is 2.26. The molecule has 1 aliphatic carbocycles. The molecule has 2 unspecified atom stereocenters. The minimum Gasteiger partial charge on any atom is -0.481 e. The van der Waals surface area contributed by atoms with E-state index >= 15 is 0 Å². The minimum atomic E-state index is -0.736. The second-order valence-electron chi connectivity index (χ2n) is 4.96. The number of aliphatic carboxylic acids is 1. The first-order chi connectivity index (χ1) is 8.08. The molecule has 17 heavy (non-hydrogen) atoms. The molecule has 3 heteroatoms. The normalized spacial score (nSPS) is 18.7. The molecule has 1 aliphatic rings. The molecular weight excluding hydrogens is 214 g/mol. The first kappa shape index (κ1) is 12.1. The lowest BCUT2D eigenvalue weighted by molar-refractivity contribution is -0.142. The second-order valence-corrected chi connectivity index (χ2v) is 4.96. The molecule has 0 heterocycles. The number of hydrogen-bond donors (Lipinski definition) is 2. The van der Waals surface area contributed by atoms with Crippen molar-refractivity contribution in [3.05, 3.63) is 35.4 Å². The van der Waals surface area contributed by atoms with Crippen LogP contribution in [0.2, 0.25) is 0 Å². The summed E-state index contributed by atoms with van der Waals surface area (Å²) in [5.74, 6) is -1.08. The fourth-order valence-electron chi connectivity index (χ4n) is 2.41. The first-order valence-corrected chi connectivity index (χ1v) is 6.13. The summed E-state index contributed by atoms with van der Waals surface area (Å²) >= 11 is 0. The molecule has 3 nitrogen and oxygen atoms in total. The number of carboxylic acids is 1. The van der Waals surface area contributed by atoms with Crippen molar-refractivity contribution in [2.75, 3.05) is 0 Å². The maximum atomic E-state index is 10.9. The zero-order chi connectivity index (χ0) is 12.4. The zero-order valence-electron chi connectivity index (χ0n) is 10.3. The van der Waals surface area contributed by atoms with E-state index in [0.717, 1.165) is 12.8 Å². The summed E-state index contributed by atoms with van der Waals surface area (Å²) in [5, 5.41) is 12.4. The number of carbonyl (C=O) groups is 1. The van der Waals surface area contributed by atoms with Crippen molar-refractivity contribution in [2.24, 2.45) is 5.92 Å². The van der Waals surface area contributed by atoms with E-state index < -0.39 is 5.97 Å². The highest BCUT2D eigenvalue weighted by molar-refractivity contribution is 5.70. The van der Waals surface area contributed by atoms with Gasteiger partial charge in [0.15, 0.2) is 0 Å². The standard InChI is InChI=1S/C14H19NO2/c1-9(14(16)17)10(2)15-13-7-11-5-3-4-6-12(11)8-13/h3-6,9-10,13,15H,7-8H2,1-2H3,(H,16,17). The van der Waals surface area contributed by atoms with E-state index in [1.807, 2.05) is 6.92 Å². The maximum absolute atomic E-state index is 10.9. The van der Waals surface area contributed by atoms with Gasteiger partial charge in [-0.15, -0.1) is 0 Å². The molecule has 92 valence electrons. The molecule has 1 aromatic rings. The van der Waals surface area contributed by atoms with E-state index in [9.17, 15) is 4.79 Å². The number of benzene rings is 1. The zero-order valence-corrected chi connectivity index (χ0v) is 10.3. The Morgan fingerprint density at radius 3 is 2.29 bits per heavy atom. The van der Waals surface area contributed by atoms with Crippen LogP contribution >= 0.6 is 0 Å². The summed E-state index contributed by atoms with van der Waals surface area (Å²) in [6.07, 6.45) is 2.01. The Hall–Kier alpha value is -1.35. The molecule has 0 bridgehead atoms. The molecule has 0 spiro atoms. The SMILES string of the molecule is CC(NC1Cc2ccccc2C1)C(C)C(=O)O. The lowest BCUT2D eigenvalue weighted by Gasteiger charge is -2.22. The van der Waals surface area contributed by atoms with Crippen molar-refractivity contribution in [3.8, 4) is 0 Å². The van der Waals surface area contributed by atoms with Gasteiger partial charge >= 0.3 is 5.97 Å². The van der Waals surface area contributed by atoms with Gasteiger partial charge in [-0.1, -0.05) is 31.2 Å². The number of nitrogens with one attached hydrogen (secondary N) is 1. The molecule has 0 aliphatic heterocycles. The monoisotopic (exact) mass is 233 g/mol. The van der Waals surface area contributed by atoms with Crippen LogP contribution in [0.4, 0.5) is 0 Å². The largest absolute Gasteiger partial charge is 0.481 e. The Morgan fingerprint density at radius 2 is 1.82 bits per heavy atom. The van der Waals surface area contributed by atoms with Gasteiger partial charge in [0, 0.05) is 12.1 Å². The van der Waals surface area contributed by atoms with Crippen LogP contribution in [0.1, 0.15) is 25.0 Å². The molecule has 0 amide bonds. The van der Waals surface area contributed by atoms with Gasteiger partial charge in [0.1, 0.15) is 0 Å². The molecule has 1 aromatic carbocycles. The van der Waals surface area contributed by atoms with Gasteiger partial charge < -0.3 is 10.4 Å². The summed E-state index contributed by atoms with van der Waals surface area (Å²) in [6, 6.07) is 8.82. The topological polar surface area (TPSA) is 49.3 Å². The Kier molecular flexibility index (Phi) is 3.48. The number of rotatable bonds is 4. The third kappa shape index (κ3) is 2.67. The number of hydrogen-bond acceptors (Lipinski definition) is 2. The van der Waals surface area contributed by atoms with Crippen molar-refractivity contribution in [3.63, 3.8) is 0 Å². The van der Waals surface area contributed by atoms with Gasteiger partial charge in [0.05, 0.1) is 5.92 Å². The van der Waals surface area contributed by atoms with Crippen molar-refractivity contribution in [1.82, 2.24) is 5.32 Å². The van der Waals surface area contributed by atoms with Crippen LogP contribution in [0.25, 0.3) is 0 Å². The van der Waals surface area contributed by atoms with Gasteiger partial charge in [-0.2, -0.15) is 0 Å². The van der Waals surface area contributed by atoms with Gasteiger partial charge in [-0.05, 0) is 30.9 Å². The van der Waals surface area contributed by atoms with E-state index in [-0.39, 0.29) is 12.0 Å². The van der Waals surface area contributed by atoms with E-state index in [1.165, 1.54) is 11.1 Å². The fraction of sp³-hybridized carbons (Fsp3) is 0.500. The highest BCUT2D eigenvalue weighted by Crippen LogP contribution is 2.22. The summed E-state index contributed by atoms with van der Waals surface area (Å²) in [6.45, 7) is 3.70. The smallest absolute Gasteiger partial charge is 0.307 e. The van der Waals surface area contributed by atoms with Crippen LogP contribution in [0.3, 0.4) is 0 Å². The Bertz CT molecular complexity index is 391. The van der Waals surface area contributed by atoms with E-state index in [4.69, 9.17) is 5.11 Å². The van der Waals surface area contributed by atoms with Crippen molar-refractivity contribution < 1.29 is 9.90 Å².